The molecule has 0 unspecified atom stereocenters. The van der Waals surface area contributed by atoms with Crippen LogP contribution >= 0.6 is 0 Å². The van der Waals surface area contributed by atoms with Crippen LogP contribution in [-0.4, -0.2) is 24.8 Å². The fourth-order valence-corrected chi connectivity index (χ4v) is 0.858. The van der Waals surface area contributed by atoms with Crippen LogP contribution in [0.4, 0.5) is 0 Å². The molecule has 0 aromatic carbocycles. The molecule has 0 bridgehead atoms. The highest BCUT2D eigenvalue weighted by Gasteiger charge is 2.10. The fraction of sp³-hybridized carbons (Fsp3) is 0.667. The van der Waals surface area contributed by atoms with E-state index in [1.807, 2.05) is 13.0 Å². The summed E-state index contributed by atoms with van der Waals surface area (Å²) in [5, 5.41) is 8.41. The van der Waals surface area contributed by atoms with Crippen LogP contribution in [0.3, 0.4) is 0 Å². The second-order valence-corrected chi connectivity index (χ2v) is 2.66. The molecule has 0 aromatic rings. The number of hydrogen-bond donors (Lipinski definition) is 1. The van der Waals surface area contributed by atoms with E-state index >= 15 is 0 Å². The summed E-state index contributed by atoms with van der Waals surface area (Å²) in [5.74, 6) is -0.231. The second-order valence-electron chi connectivity index (χ2n) is 2.66. The van der Waals surface area contributed by atoms with E-state index in [4.69, 9.17) is 5.11 Å². The third kappa shape index (κ3) is 4.91. The minimum absolute atomic E-state index is 0.0571. The van der Waals surface area contributed by atoms with Gasteiger partial charge in [0.2, 0.25) is 0 Å². The summed E-state index contributed by atoms with van der Waals surface area (Å²) in [6.45, 7) is 1.89. The van der Waals surface area contributed by atoms with E-state index in [0.717, 1.165) is 12.8 Å². The number of esters is 1. The van der Waals surface area contributed by atoms with Gasteiger partial charge in [-0.15, -0.1) is 0 Å². The summed E-state index contributed by atoms with van der Waals surface area (Å²) >= 11 is 0. The van der Waals surface area contributed by atoms with Crippen LogP contribution in [0.1, 0.15) is 19.8 Å². The molecule has 0 spiro atoms. The van der Waals surface area contributed by atoms with Gasteiger partial charge in [-0.3, -0.25) is 4.79 Å². The zero-order valence-corrected chi connectivity index (χ0v) is 7.62. The molecule has 0 aliphatic rings. The largest absolute Gasteiger partial charge is 0.469 e. The molecule has 0 radical (unpaired) electrons. The number of methoxy groups -OCH3 is 1. The zero-order valence-electron chi connectivity index (χ0n) is 7.62. The molecule has 1 atom stereocenters. The topological polar surface area (TPSA) is 46.5 Å². The Balaban J connectivity index is 3.50. The number of aliphatic hydroxyl groups excluding tert-OH is 1. The van der Waals surface area contributed by atoms with Crippen molar-refractivity contribution in [2.45, 2.75) is 19.8 Å². The average Bonchev–Trinajstić information content (AvgIpc) is 2.10. The van der Waals surface area contributed by atoms with Crippen molar-refractivity contribution in [1.29, 1.82) is 0 Å². The third-order valence-corrected chi connectivity index (χ3v) is 1.64. The fourth-order valence-electron chi connectivity index (χ4n) is 0.858. The molecule has 0 rings (SSSR count). The molecule has 0 saturated heterocycles. The first-order chi connectivity index (χ1) is 5.72. The minimum atomic E-state index is -0.174. The minimum Gasteiger partial charge on any atom is -0.469 e. The van der Waals surface area contributed by atoms with Crippen molar-refractivity contribution in [3.8, 4) is 0 Å². The van der Waals surface area contributed by atoms with Gasteiger partial charge in [0.1, 0.15) is 0 Å². The van der Waals surface area contributed by atoms with Crippen LogP contribution < -0.4 is 0 Å². The molecular weight excluding hydrogens is 156 g/mol. The summed E-state index contributed by atoms with van der Waals surface area (Å²) in [7, 11) is 1.39. The van der Waals surface area contributed by atoms with Crippen molar-refractivity contribution in [1.82, 2.24) is 0 Å². The predicted octanol–water partition coefficient (Wildman–Crippen LogP) is 1.12. The Morgan fingerprint density at radius 3 is 2.75 bits per heavy atom. The van der Waals surface area contributed by atoms with Gasteiger partial charge in [-0.1, -0.05) is 19.1 Å². The molecule has 0 heterocycles. The van der Waals surface area contributed by atoms with Crippen LogP contribution in [0, 0.1) is 5.92 Å². The first-order valence-corrected chi connectivity index (χ1v) is 4.06. The lowest BCUT2D eigenvalue weighted by Gasteiger charge is -2.05. The van der Waals surface area contributed by atoms with E-state index in [2.05, 4.69) is 4.74 Å². The molecule has 70 valence electrons. The highest BCUT2D eigenvalue weighted by molar-refractivity contribution is 5.71. The standard InChI is InChI=1S/C9H16O3/c1-8(9(11)12-2)6-4-3-5-7-10/h3,5,8,10H,4,6-7H2,1-2H3/b5-3+/t8-/m0/s1. The van der Waals surface area contributed by atoms with Crippen molar-refractivity contribution in [2.75, 3.05) is 13.7 Å². The quantitative estimate of drug-likeness (QED) is 0.499. The van der Waals surface area contributed by atoms with Gasteiger partial charge in [0.15, 0.2) is 0 Å². The van der Waals surface area contributed by atoms with E-state index in [1.165, 1.54) is 7.11 Å². The van der Waals surface area contributed by atoms with Gasteiger partial charge >= 0.3 is 5.97 Å². The Morgan fingerprint density at radius 2 is 2.25 bits per heavy atom. The number of ether oxygens (including phenoxy) is 1. The average molecular weight is 172 g/mol. The summed E-state index contributed by atoms with van der Waals surface area (Å²) in [5.41, 5.74) is 0. The Hall–Kier alpha value is -0.830. The highest BCUT2D eigenvalue weighted by Crippen LogP contribution is 2.07. The number of carbonyl (C=O) groups is 1. The van der Waals surface area contributed by atoms with Gasteiger partial charge < -0.3 is 9.84 Å². The van der Waals surface area contributed by atoms with Gasteiger partial charge in [-0.05, 0) is 12.8 Å². The van der Waals surface area contributed by atoms with Crippen LogP contribution in [0.15, 0.2) is 12.2 Å². The smallest absolute Gasteiger partial charge is 0.308 e. The van der Waals surface area contributed by atoms with Crippen LogP contribution in [-0.2, 0) is 9.53 Å². The maximum absolute atomic E-state index is 10.9. The Bertz CT molecular complexity index is 152. The molecule has 3 nitrogen and oxygen atoms in total. The van der Waals surface area contributed by atoms with E-state index < -0.39 is 0 Å². The highest BCUT2D eigenvalue weighted by atomic mass is 16.5. The SMILES string of the molecule is COC(=O)[C@@H](C)CC/C=C/CO. The van der Waals surface area contributed by atoms with Crippen molar-refractivity contribution < 1.29 is 14.6 Å². The molecule has 0 aromatic heterocycles. The predicted molar refractivity (Wildman–Crippen MR) is 46.6 cm³/mol. The summed E-state index contributed by atoms with van der Waals surface area (Å²) in [4.78, 5) is 10.9. The maximum Gasteiger partial charge on any atom is 0.308 e. The maximum atomic E-state index is 10.9. The van der Waals surface area contributed by atoms with Gasteiger partial charge in [0, 0.05) is 0 Å². The number of allylic oxidation sites excluding steroid dienone is 1. The van der Waals surface area contributed by atoms with Crippen LogP contribution in [0.2, 0.25) is 0 Å². The van der Waals surface area contributed by atoms with E-state index in [9.17, 15) is 4.79 Å². The van der Waals surface area contributed by atoms with Crippen LogP contribution in [0.5, 0.6) is 0 Å². The normalized spacial score (nSPS) is 13.2. The zero-order chi connectivity index (χ0) is 9.40. The van der Waals surface area contributed by atoms with Crippen molar-refractivity contribution in [3.05, 3.63) is 12.2 Å². The molecule has 12 heavy (non-hydrogen) atoms. The van der Waals surface area contributed by atoms with E-state index in [1.54, 1.807) is 6.08 Å². The molecule has 1 N–H and O–H groups in total. The summed E-state index contributed by atoms with van der Waals surface area (Å²) < 4.78 is 4.56. The molecule has 0 saturated carbocycles. The number of rotatable bonds is 5. The lowest BCUT2D eigenvalue weighted by Crippen LogP contribution is -2.11. The van der Waals surface area contributed by atoms with Crippen molar-refractivity contribution >= 4 is 5.97 Å². The van der Waals surface area contributed by atoms with Crippen molar-refractivity contribution in [3.63, 3.8) is 0 Å². The third-order valence-electron chi connectivity index (χ3n) is 1.64. The van der Waals surface area contributed by atoms with E-state index in [0.29, 0.717) is 0 Å². The van der Waals surface area contributed by atoms with Crippen LogP contribution in [0.25, 0.3) is 0 Å². The Kier molecular flexibility index (Phi) is 6.38. The monoisotopic (exact) mass is 172 g/mol. The van der Waals surface area contributed by atoms with E-state index in [-0.39, 0.29) is 18.5 Å². The number of carbonyl (C=O) groups excluding carboxylic acids is 1. The second kappa shape index (κ2) is 6.85. The lowest BCUT2D eigenvalue weighted by molar-refractivity contribution is -0.144. The first kappa shape index (κ1) is 11.2. The number of aliphatic hydroxyl groups is 1. The Labute approximate surface area is 73.0 Å². The molecule has 0 aliphatic heterocycles. The van der Waals surface area contributed by atoms with Gasteiger partial charge in [0.25, 0.3) is 0 Å². The summed E-state index contributed by atoms with van der Waals surface area (Å²) in [6.07, 6.45) is 5.10. The Morgan fingerprint density at radius 1 is 1.58 bits per heavy atom. The number of hydrogen-bond acceptors (Lipinski definition) is 3. The lowest BCUT2D eigenvalue weighted by atomic mass is 10.1. The first-order valence-electron chi connectivity index (χ1n) is 4.06. The molecule has 3 heteroatoms. The molecule has 0 fully saturated rings. The molecular formula is C9H16O3. The molecule has 0 aliphatic carbocycles. The summed E-state index contributed by atoms with van der Waals surface area (Å²) in [6, 6.07) is 0. The van der Waals surface area contributed by atoms with Gasteiger partial charge in [-0.2, -0.15) is 0 Å². The van der Waals surface area contributed by atoms with Gasteiger partial charge in [0.05, 0.1) is 19.6 Å². The van der Waals surface area contributed by atoms with Gasteiger partial charge in [-0.25, -0.2) is 0 Å². The van der Waals surface area contributed by atoms with Crippen molar-refractivity contribution in [2.24, 2.45) is 5.92 Å². The molecule has 0 amide bonds.